The molecule has 0 unspecified atom stereocenters. The second kappa shape index (κ2) is 8.56. The van der Waals surface area contributed by atoms with E-state index in [9.17, 15) is 14.5 Å². The molecule has 0 radical (unpaired) electrons. The highest BCUT2D eigenvalue weighted by molar-refractivity contribution is 7.54. The maximum atomic E-state index is 12.1. The summed E-state index contributed by atoms with van der Waals surface area (Å²) in [5.74, 6) is -0.473. The molecule has 0 aliphatic heterocycles. The number of rotatable bonds is 8. The summed E-state index contributed by atoms with van der Waals surface area (Å²) in [6.07, 6.45) is 0.968. The molecule has 8 heteroatoms. The highest BCUT2D eigenvalue weighted by atomic mass is 31.2. The molecule has 116 valence electrons. The Morgan fingerprint density at radius 2 is 2.05 bits per heavy atom. The molecule has 0 fully saturated rings. The monoisotopic (exact) mass is 314 g/mol. The van der Waals surface area contributed by atoms with Crippen molar-refractivity contribution in [1.82, 2.24) is 5.43 Å². The van der Waals surface area contributed by atoms with Crippen molar-refractivity contribution in [2.75, 3.05) is 19.4 Å². The topological polar surface area (TPSA) is 97.2 Å². The summed E-state index contributed by atoms with van der Waals surface area (Å²) in [5, 5.41) is 13.0. The zero-order valence-corrected chi connectivity index (χ0v) is 12.9. The van der Waals surface area contributed by atoms with Gasteiger partial charge < -0.3 is 14.2 Å². The molecule has 0 bridgehead atoms. The Balaban J connectivity index is 2.55. The molecule has 7 nitrogen and oxygen atoms in total. The third-order valence-electron chi connectivity index (χ3n) is 2.26. The van der Waals surface area contributed by atoms with E-state index >= 15 is 0 Å². The number of aromatic hydroxyl groups is 1. The first kappa shape index (κ1) is 17.4. The van der Waals surface area contributed by atoms with Gasteiger partial charge in [0.15, 0.2) is 0 Å². The van der Waals surface area contributed by atoms with Crippen LogP contribution in [0, 0.1) is 0 Å². The molecule has 0 aliphatic carbocycles. The molecule has 0 spiro atoms. The standard InChI is InChI=1S/C13H19N2O5P/c1-3-19-21(18,20-4-2)10-13(17)15-14-9-11-6-5-7-12(16)8-11/h5-9,16H,3-4,10H2,1-2H3,(H,15,17)/b14-9-. The van der Waals surface area contributed by atoms with E-state index < -0.39 is 19.7 Å². The summed E-state index contributed by atoms with van der Waals surface area (Å²) in [4.78, 5) is 11.7. The molecule has 1 rings (SSSR count). The van der Waals surface area contributed by atoms with E-state index in [1.54, 1.807) is 26.0 Å². The van der Waals surface area contributed by atoms with Gasteiger partial charge in [-0.05, 0) is 31.5 Å². The van der Waals surface area contributed by atoms with Crippen molar-refractivity contribution in [3.05, 3.63) is 29.8 Å². The van der Waals surface area contributed by atoms with Crippen LogP contribution in [-0.4, -0.2) is 36.6 Å². The van der Waals surface area contributed by atoms with Gasteiger partial charge in [-0.2, -0.15) is 5.10 Å². The van der Waals surface area contributed by atoms with Crippen LogP contribution in [0.1, 0.15) is 19.4 Å². The smallest absolute Gasteiger partial charge is 0.340 e. The maximum Gasteiger partial charge on any atom is 0.340 e. The van der Waals surface area contributed by atoms with Crippen molar-refractivity contribution in [3.63, 3.8) is 0 Å². The lowest BCUT2D eigenvalue weighted by atomic mass is 10.2. The van der Waals surface area contributed by atoms with E-state index in [1.165, 1.54) is 18.3 Å². The predicted molar refractivity (Wildman–Crippen MR) is 79.6 cm³/mol. The number of hydrogen-bond acceptors (Lipinski definition) is 6. The van der Waals surface area contributed by atoms with Gasteiger partial charge in [-0.25, -0.2) is 5.43 Å². The van der Waals surface area contributed by atoms with E-state index in [1.807, 2.05) is 0 Å². The van der Waals surface area contributed by atoms with E-state index in [0.717, 1.165) is 0 Å². The summed E-state index contributed by atoms with van der Waals surface area (Å²) >= 11 is 0. The van der Waals surface area contributed by atoms with Gasteiger partial charge in [0.25, 0.3) is 5.91 Å². The zero-order chi connectivity index (χ0) is 15.7. The molecule has 0 saturated carbocycles. The Morgan fingerprint density at radius 1 is 1.38 bits per heavy atom. The highest BCUT2D eigenvalue weighted by Gasteiger charge is 2.27. The third kappa shape index (κ3) is 6.53. The molecule has 21 heavy (non-hydrogen) atoms. The first-order valence-corrected chi connectivity index (χ1v) is 8.21. The molecule has 0 heterocycles. The fourth-order valence-electron chi connectivity index (χ4n) is 1.52. The fourth-order valence-corrected chi connectivity index (χ4v) is 2.98. The van der Waals surface area contributed by atoms with E-state index in [-0.39, 0.29) is 19.0 Å². The minimum Gasteiger partial charge on any atom is -0.508 e. The number of nitrogens with zero attached hydrogens (tertiary/aromatic N) is 1. The first-order valence-electron chi connectivity index (χ1n) is 6.48. The number of carbonyl (C=O) groups excluding carboxylic acids is 1. The van der Waals surface area contributed by atoms with Gasteiger partial charge in [-0.15, -0.1) is 0 Å². The van der Waals surface area contributed by atoms with Gasteiger partial charge in [0, 0.05) is 0 Å². The van der Waals surface area contributed by atoms with Gasteiger partial charge in [0.2, 0.25) is 0 Å². The van der Waals surface area contributed by atoms with Crippen LogP contribution in [0.5, 0.6) is 5.75 Å². The zero-order valence-electron chi connectivity index (χ0n) is 12.0. The third-order valence-corrected chi connectivity index (χ3v) is 4.24. The second-order valence-corrected chi connectivity index (χ2v) is 6.05. The van der Waals surface area contributed by atoms with Crippen molar-refractivity contribution in [3.8, 4) is 5.75 Å². The summed E-state index contributed by atoms with van der Waals surface area (Å²) in [5.41, 5.74) is 2.86. The Kier molecular flexibility index (Phi) is 7.08. The van der Waals surface area contributed by atoms with Crippen LogP contribution < -0.4 is 5.43 Å². The fraction of sp³-hybridized carbons (Fsp3) is 0.385. The van der Waals surface area contributed by atoms with Crippen molar-refractivity contribution in [2.24, 2.45) is 5.10 Å². The number of hydrazone groups is 1. The lowest BCUT2D eigenvalue weighted by molar-refractivity contribution is -0.118. The van der Waals surface area contributed by atoms with Gasteiger partial charge in [0.1, 0.15) is 11.9 Å². The van der Waals surface area contributed by atoms with Crippen LogP contribution in [0.3, 0.4) is 0 Å². The van der Waals surface area contributed by atoms with Gasteiger partial charge in [-0.3, -0.25) is 9.36 Å². The van der Waals surface area contributed by atoms with Gasteiger partial charge in [-0.1, -0.05) is 12.1 Å². The van der Waals surface area contributed by atoms with Crippen molar-refractivity contribution in [2.45, 2.75) is 13.8 Å². The Bertz CT molecular complexity index is 537. The molecule has 1 aromatic rings. The number of phenols is 1. The van der Waals surface area contributed by atoms with Crippen LogP contribution in [0.2, 0.25) is 0 Å². The minimum atomic E-state index is -3.42. The molecule has 0 aliphatic rings. The summed E-state index contributed by atoms with van der Waals surface area (Å²) < 4.78 is 22.1. The lowest BCUT2D eigenvalue weighted by Gasteiger charge is -2.15. The summed E-state index contributed by atoms with van der Waals surface area (Å²) in [6, 6.07) is 6.37. The summed E-state index contributed by atoms with van der Waals surface area (Å²) in [6.45, 7) is 3.72. The Labute approximate surface area is 123 Å². The molecule has 0 aromatic heterocycles. The predicted octanol–water partition coefficient (Wildman–Crippen LogP) is 2.11. The minimum absolute atomic E-state index is 0.0995. The van der Waals surface area contributed by atoms with Gasteiger partial charge >= 0.3 is 7.60 Å². The largest absolute Gasteiger partial charge is 0.508 e. The van der Waals surface area contributed by atoms with Crippen LogP contribution in [0.15, 0.2) is 29.4 Å². The van der Waals surface area contributed by atoms with Gasteiger partial charge in [0.05, 0.1) is 19.4 Å². The number of nitrogens with one attached hydrogen (secondary N) is 1. The van der Waals surface area contributed by atoms with Crippen molar-refractivity contribution in [1.29, 1.82) is 0 Å². The van der Waals surface area contributed by atoms with Crippen molar-refractivity contribution < 1.29 is 23.5 Å². The Morgan fingerprint density at radius 3 is 2.62 bits per heavy atom. The number of carbonyl (C=O) groups is 1. The summed E-state index contributed by atoms with van der Waals surface area (Å²) in [7, 11) is -3.42. The van der Waals surface area contributed by atoms with E-state index in [4.69, 9.17) is 9.05 Å². The normalized spacial score (nSPS) is 11.7. The number of hydrogen-bond donors (Lipinski definition) is 2. The van der Waals surface area contributed by atoms with Crippen LogP contribution >= 0.6 is 7.60 Å². The van der Waals surface area contributed by atoms with E-state index in [2.05, 4.69) is 10.5 Å². The molecule has 0 atom stereocenters. The van der Waals surface area contributed by atoms with Crippen LogP contribution in [0.4, 0.5) is 0 Å². The lowest BCUT2D eigenvalue weighted by Crippen LogP contribution is -2.22. The number of phenolic OH excluding ortho intramolecular Hbond substituents is 1. The van der Waals surface area contributed by atoms with Crippen molar-refractivity contribution >= 4 is 19.7 Å². The number of benzene rings is 1. The molecular weight excluding hydrogens is 295 g/mol. The average molecular weight is 314 g/mol. The first-order chi connectivity index (χ1) is 9.99. The van der Waals surface area contributed by atoms with E-state index in [0.29, 0.717) is 5.56 Å². The quantitative estimate of drug-likeness (QED) is 0.435. The molecule has 2 N–H and O–H groups in total. The molecule has 1 aromatic carbocycles. The maximum absolute atomic E-state index is 12.1. The van der Waals surface area contributed by atoms with Crippen LogP contribution in [0.25, 0.3) is 0 Å². The number of amides is 1. The molecular formula is C13H19N2O5P. The molecule has 0 saturated heterocycles. The Hall–Kier alpha value is -1.69. The van der Waals surface area contributed by atoms with Crippen LogP contribution in [-0.2, 0) is 18.4 Å². The molecule has 1 amide bonds. The highest BCUT2D eigenvalue weighted by Crippen LogP contribution is 2.47. The average Bonchev–Trinajstić information content (AvgIpc) is 2.38. The second-order valence-electron chi connectivity index (χ2n) is 3.99. The SMILES string of the molecule is CCOP(=O)(CC(=O)N/N=C\c1cccc(O)c1)OCC.